The van der Waals surface area contributed by atoms with Gasteiger partial charge in [-0.2, -0.15) is 0 Å². The number of hydrogen-bond donors (Lipinski definition) is 2. The zero-order chi connectivity index (χ0) is 17.6. The number of nitrogens with zero attached hydrogens (tertiary/aromatic N) is 1. The van der Waals surface area contributed by atoms with Gasteiger partial charge in [0.1, 0.15) is 6.10 Å². The van der Waals surface area contributed by atoms with Crippen molar-refractivity contribution in [2.45, 2.75) is 37.9 Å². The Labute approximate surface area is 146 Å². The van der Waals surface area contributed by atoms with Crippen molar-refractivity contribution in [3.05, 3.63) is 29.8 Å². The van der Waals surface area contributed by atoms with Crippen LogP contribution in [0, 0.1) is 0 Å². The van der Waals surface area contributed by atoms with Gasteiger partial charge < -0.3 is 24.8 Å². The monoisotopic (exact) mass is 348 g/mol. The Hall–Kier alpha value is -2.12. The molecule has 1 saturated carbocycles. The van der Waals surface area contributed by atoms with Crippen molar-refractivity contribution in [1.29, 1.82) is 0 Å². The topological polar surface area (TPSA) is 88.1 Å². The number of esters is 1. The van der Waals surface area contributed by atoms with Crippen molar-refractivity contribution in [2.75, 3.05) is 31.6 Å². The standard InChI is InChI=1S/C18H24N2O5/c21-15-11-20(9-10-24-12-15)18(23)19-14-7-5-13(6-8-14)17(22)25-16-3-1-2-4-16/h5-8,15-16,21H,1-4,9-12H2,(H,19,23)/t15-/m0/s1. The molecule has 25 heavy (non-hydrogen) atoms. The minimum Gasteiger partial charge on any atom is -0.459 e. The third-order valence-electron chi connectivity index (χ3n) is 4.48. The van der Waals surface area contributed by atoms with Gasteiger partial charge in [-0.15, -0.1) is 0 Å². The molecule has 0 unspecified atom stereocenters. The molecular formula is C18H24N2O5. The molecule has 1 aliphatic heterocycles. The number of anilines is 1. The van der Waals surface area contributed by atoms with Crippen LogP contribution in [0.1, 0.15) is 36.0 Å². The van der Waals surface area contributed by atoms with Crippen LogP contribution in [-0.2, 0) is 9.47 Å². The highest BCUT2D eigenvalue weighted by molar-refractivity contribution is 5.92. The number of rotatable bonds is 3. The molecule has 1 saturated heterocycles. The van der Waals surface area contributed by atoms with Crippen molar-refractivity contribution >= 4 is 17.7 Å². The molecule has 0 radical (unpaired) electrons. The summed E-state index contributed by atoms with van der Waals surface area (Å²) >= 11 is 0. The molecule has 0 aromatic heterocycles. The van der Waals surface area contributed by atoms with Crippen LogP contribution in [0.3, 0.4) is 0 Å². The van der Waals surface area contributed by atoms with Gasteiger partial charge in [0.05, 0.1) is 31.4 Å². The first kappa shape index (κ1) is 17.7. The lowest BCUT2D eigenvalue weighted by molar-refractivity contribution is 0.0318. The van der Waals surface area contributed by atoms with Gasteiger partial charge in [-0.25, -0.2) is 9.59 Å². The quantitative estimate of drug-likeness (QED) is 0.816. The van der Waals surface area contributed by atoms with Crippen molar-refractivity contribution < 1.29 is 24.2 Å². The number of aliphatic hydroxyl groups excluding tert-OH is 1. The van der Waals surface area contributed by atoms with Crippen LogP contribution in [0.25, 0.3) is 0 Å². The summed E-state index contributed by atoms with van der Waals surface area (Å²) in [4.78, 5) is 25.9. The normalized spacial score (nSPS) is 21.6. The number of urea groups is 1. The van der Waals surface area contributed by atoms with E-state index < -0.39 is 6.10 Å². The van der Waals surface area contributed by atoms with Crippen LogP contribution in [0.15, 0.2) is 24.3 Å². The highest BCUT2D eigenvalue weighted by atomic mass is 16.5. The smallest absolute Gasteiger partial charge is 0.338 e. The van der Waals surface area contributed by atoms with Crippen LogP contribution in [0.5, 0.6) is 0 Å². The lowest BCUT2D eigenvalue weighted by atomic mass is 10.2. The minimum absolute atomic E-state index is 0.0311. The molecule has 1 aliphatic carbocycles. The molecule has 7 nitrogen and oxygen atoms in total. The highest BCUT2D eigenvalue weighted by Crippen LogP contribution is 2.22. The number of amides is 2. The number of hydrogen-bond acceptors (Lipinski definition) is 5. The average molecular weight is 348 g/mol. The second kappa shape index (κ2) is 8.31. The molecule has 2 N–H and O–H groups in total. The molecule has 0 spiro atoms. The zero-order valence-corrected chi connectivity index (χ0v) is 14.1. The maximum Gasteiger partial charge on any atom is 0.338 e. The van der Waals surface area contributed by atoms with Gasteiger partial charge in [0.2, 0.25) is 0 Å². The number of β-amino-alcohol motifs (C(OH)–C–C–N with tert-alkyl or cyclic N) is 1. The number of aliphatic hydroxyl groups is 1. The van der Waals surface area contributed by atoms with E-state index in [-0.39, 0.29) is 31.3 Å². The van der Waals surface area contributed by atoms with Gasteiger partial charge in [-0.1, -0.05) is 0 Å². The Balaban J connectivity index is 1.54. The predicted octanol–water partition coefficient (Wildman–Crippen LogP) is 2.01. The Kier molecular flexibility index (Phi) is 5.88. The molecular weight excluding hydrogens is 324 g/mol. The van der Waals surface area contributed by atoms with Crippen LogP contribution >= 0.6 is 0 Å². The number of carbonyl (C=O) groups excluding carboxylic acids is 2. The first-order chi connectivity index (χ1) is 12.1. The first-order valence-corrected chi connectivity index (χ1v) is 8.74. The summed E-state index contributed by atoms with van der Waals surface area (Å²) in [5.41, 5.74) is 1.06. The fourth-order valence-electron chi connectivity index (χ4n) is 3.09. The van der Waals surface area contributed by atoms with Gasteiger partial charge >= 0.3 is 12.0 Å². The average Bonchev–Trinajstić information content (AvgIpc) is 3.01. The van der Waals surface area contributed by atoms with E-state index in [0.717, 1.165) is 25.7 Å². The van der Waals surface area contributed by atoms with E-state index >= 15 is 0 Å². The van der Waals surface area contributed by atoms with E-state index in [0.29, 0.717) is 24.4 Å². The molecule has 136 valence electrons. The fourth-order valence-corrected chi connectivity index (χ4v) is 3.09. The summed E-state index contributed by atoms with van der Waals surface area (Å²) in [6.45, 7) is 1.30. The second-order valence-corrected chi connectivity index (χ2v) is 6.49. The van der Waals surface area contributed by atoms with E-state index in [1.165, 1.54) is 4.90 Å². The van der Waals surface area contributed by atoms with Crippen molar-refractivity contribution in [2.24, 2.45) is 0 Å². The number of benzene rings is 1. The van der Waals surface area contributed by atoms with Crippen LogP contribution in [0.2, 0.25) is 0 Å². The van der Waals surface area contributed by atoms with Gasteiger partial charge in [-0.3, -0.25) is 0 Å². The first-order valence-electron chi connectivity index (χ1n) is 8.74. The molecule has 2 amide bonds. The predicted molar refractivity (Wildman–Crippen MR) is 91.5 cm³/mol. The minimum atomic E-state index is -0.680. The third-order valence-corrected chi connectivity index (χ3v) is 4.48. The third kappa shape index (κ3) is 4.93. The highest BCUT2D eigenvalue weighted by Gasteiger charge is 2.22. The maximum atomic E-state index is 12.3. The van der Waals surface area contributed by atoms with E-state index in [1.807, 2.05) is 0 Å². The SMILES string of the molecule is O=C(OC1CCCC1)c1ccc(NC(=O)N2CCOC[C@@H](O)C2)cc1. The maximum absolute atomic E-state index is 12.3. The fraction of sp³-hybridized carbons (Fsp3) is 0.556. The summed E-state index contributed by atoms with van der Waals surface area (Å²) < 4.78 is 10.7. The Morgan fingerprint density at radius 3 is 2.64 bits per heavy atom. The molecule has 2 fully saturated rings. The largest absolute Gasteiger partial charge is 0.459 e. The number of ether oxygens (including phenoxy) is 2. The molecule has 2 aliphatic rings. The van der Waals surface area contributed by atoms with E-state index in [2.05, 4.69) is 5.32 Å². The van der Waals surface area contributed by atoms with E-state index in [4.69, 9.17) is 9.47 Å². The van der Waals surface area contributed by atoms with Gasteiger partial charge in [-0.05, 0) is 49.9 Å². The summed E-state index contributed by atoms with van der Waals surface area (Å²) in [7, 11) is 0. The molecule has 1 atom stereocenters. The molecule has 0 bridgehead atoms. The van der Waals surface area contributed by atoms with E-state index in [1.54, 1.807) is 24.3 Å². The summed E-state index contributed by atoms with van der Waals surface area (Å²) in [5.74, 6) is -0.322. The zero-order valence-electron chi connectivity index (χ0n) is 14.1. The van der Waals surface area contributed by atoms with Gasteiger partial charge in [0.25, 0.3) is 0 Å². The molecule has 1 aromatic rings. The van der Waals surface area contributed by atoms with E-state index in [9.17, 15) is 14.7 Å². The molecule has 1 heterocycles. The lowest BCUT2D eigenvalue weighted by Gasteiger charge is -2.21. The van der Waals surface area contributed by atoms with Crippen molar-refractivity contribution in [3.8, 4) is 0 Å². The Morgan fingerprint density at radius 1 is 1.20 bits per heavy atom. The Bertz CT molecular complexity index is 598. The summed E-state index contributed by atoms with van der Waals surface area (Å²) in [6, 6.07) is 6.34. The summed E-state index contributed by atoms with van der Waals surface area (Å²) in [5, 5.41) is 12.5. The molecule has 1 aromatic carbocycles. The number of nitrogens with one attached hydrogen (secondary N) is 1. The Morgan fingerprint density at radius 2 is 1.92 bits per heavy atom. The van der Waals surface area contributed by atoms with Crippen molar-refractivity contribution in [1.82, 2.24) is 4.90 Å². The van der Waals surface area contributed by atoms with Gasteiger partial charge in [0.15, 0.2) is 0 Å². The lowest BCUT2D eigenvalue weighted by Crippen LogP contribution is -2.40. The molecule has 3 rings (SSSR count). The number of carbonyl (C=O) groups is 2. The van der Waals surface area contributed by atoms with Crippen LogP contribution < -0.4 is 5.32 Å². The van der Waals surface area contributed by atoms with Crippen LogP contribution in [-0.4, -0.2) is 60.5 Å². The molecule has 7 heteroatoms. The second-order valence-electron chi connectivity index (χ2n) is 6.49. The van der Waals surface area contributed by atoms with Gasteiger partial charge in [0, 0.05) is 12.2 Å². The van der Waals surface area contributed by atoms with Crippen molar-refractivity contribution in [3.63, 3.8) is 0 Å². The summed E-state index contributed by atoms with van der Waals surface area (Å²) in [6.07, 6.45) is 3.44. The van der Waals surface area contributed by atoms with Crippen LogP contribution in [0.4, 0.5) is 10.5 Å².